The average Bonchev–Trinajstić information content (AvgIpc) is 2.62. The number of H-pyrrole nitrogens is 1. The van der Waals surface area contributed by atoms with E-state index in [9.17, 15) is 4.79 Å². The first-order chi connectivity index (χ1) is 7.18. The molecule has 15 heavy (non-hydrogen) atoms. The van der Waals surface area contributed by atoms with E-state index in [1.54, 1.807) is 0 Å². The van der Waals surface area contributed by atoms with Gasteiger partial charge in [-0.25, -0.2) is 9.78 Å². The molecule has 2 N–H and O–H groups in total. The van der Waals surface area contributed by atoms with E-state index in [4.69, 9.17) is 5.11 Å². The number of nitrogens with one attached hydrogen (secondary N) is 1. The summed E-state index contributed by atoms with van der Waals surface area (Å²) in [4.78, 5) is 17.9. The van der Waals surface area contributed by atoms with Gasteiger partial charge < -0.3 is 10.1 Å². The molecule has 0 radical (unpaired) electrons. The number of halogens is 1. The number of nitrogens with zero attached hydrogens (tertiary/aromatic N) is 1. The molecule has 1 aliphatic rings. The van der Waals surface area contributed by atoms with Crippen molar-refractivity contribution in [3.63, 3.8) is 0 Å². The smallest absolute Gasteiger partial charge is 0.356 e. The third kappa shape index (κ3) is 2.22. The molecule has 0 bridgehead atoms. The van der Waals surface area contributed by atoms with Gasteiger partial charge in [-0.1, -0.05) is 19.3 Å². The molecule has 0 amide bonds. The number of rotatable bonds is 2. The van der Waals surface area contributed by atoms with Gasteiger partial charge in [0.05, 0.1) is 5.69 Å². The van der Waals surface area contributed by atoms with Gasteiger partial charge in [-0.2, -0.15) is 0 Å². The summed E-state index contributed by atoms with van der Waals surface area (Å²) in [5.41, 5.74) is 0.961. The minimum absolute atomic E-state index is 0.175. The van der Waals surface area contributed by atoms with Crippen molar-refractivity contribution in [2.75, 3.05) is 0 Å². The molecule has 82 valence electrons. The highest BCUT2D eigenvalue weighted by Crippen LogP contribution is 2.33. The molecule has 1 fully saturated rings. The lowest BCUT2D eigenvalue weighted by atomic mass is 9.86. The van der Waals surface area contributed by atoms with E-state index in [2.05, 4.69) is 25.9 Å². The van der Waals surface area contributed by atoms with Crippen molar-refractivity contribution in [2.24, 2.45) is 0 Å². The maximum absolute atomic E-state index is 11.0. The Morgan fingerprint density at radius 1 is 1.40 bits per heavy atom. The van der Waals surface area contributed by atoms with Crippen molar-refractivity contribution < 1.29 is 9.90 Å². The van der Waals surface area contributed by atoms with Crippen LogP contribution in [0, 0.1) is 0 Å². The van der Waals surface area contributed by atoms with E-state index in [-0.39, 0.29) is 5.69 Å². The lowest BCUT2D eigenvalue weighted by Gasteiger charge is -2.20. The van der Waals surface area contributed by atoms with Gasteiger partial charge in [0.2, 0.25) is 0 Å². The fourth-order valence-corrected chi connectivity index (χ4v) is 2.60. The Kier molecular flexibility index (Phi) is 3.09. The fourth-order valence-electron chi connectivity index (χ4n) is 2.21. The van der Waals surface area contributed by atoms with E-state index in [0.29, 0.717) is 10.7 Å². The SMILES string of the molecule is O=C(O)c1nc(Br)[nH]c1C1CCCCC1. The first kappa shape index (κ1) is 10.7. The summed E-state index contributed by atoms with van der Waals surface area (Å²) in [6.45, 7) is 0. The molecule has 1 aliphatic carbocycles. The summed E-state index contributed by atoms with van der Waals surface area (Å²) in [5, 5.41) is 9.01. The van der Waals surface area contributed by atoms with Crippen molar-refractivity contribution >= 4 is 21.9 Å². The number of hydrogen-bond acceptors (Lipinski definition) is 2. The van der Waals surface area contributed by atoms with Gasteiger partial charge in [0, 0.05) is 5.92 Å². The number of carbonyl (C=O) groups is 1. The van der Waals surface area contributed by atoms with E-state index in [1.807, 2.05) is 0 Å². The number of hydrogen-bond donors (Lipinski definition) is 2. The molecule has 0 aromatic carbocycles. The summed E-state index contributed by atoms with van der Waals surface area (Å²) in [7, 11) is 0. The molecule has 5 heteroatoms. The molecular weight excluding hydrogens is 260 g/mol. The first-order valence-electron chi connectivity index (χ1n) is 5.17. The quantitative estimate of drug-likeness (QED) is 0.870. The number of imidazole rings is 1. The molecule has 1 heterocycles. The molecule has 0 aliphatic heterocycles. The van der Waals surface area contributed by atoms with Gasteiger partial charge in [-0.15, -0.1) is 0 Å². The Hall–Kier alpha value is -0.840. The lowest BCUT2D eigenvalue weighted by Crippen LogP contribution is -2.10. The highest BCUT2D eigenvalue weighted by atomic mass is 79.9. The van der Waals surface area contributed by atoms with Crippen molar-refractivity contribution in [2.45, 2.75) is 38.0 Å². The maximum atomic E-state index is 11.0. The minimum Gasteiger partial charge on any atom is -0.476 e. The minimum atomic E-state index is -0.947. The van der Waals surface area contributed by atoms with Crippen LogP contribution in [0.3, 0.4) is 0 Å². The predicted molar refractivity (Wildman–Crippen MR) is 59.1 cm³/mol. The molecule has 4 nitrogen and oxygen atoms in total. The number of carboxylic acids is 1. The molecule has 1 saturated carbocycles. The molecular formula is C10H13BrN2O2. The van der Waals surface area contributed by atoms with Crippen LogP contribution in [0.15, 0.2) is 4.73 Å². The van der Waals surface area contributed by atoms with Crippen molar-refractivity contribution in [1.29, 1.82) is 0 Å². The monoisotopic (exact) mass is 272 g/mol. The van der Waals surface area contributed by atoms with Crippen LogP contribution in [0.2, 0.25) is 0 Å². The van der Waals surface area contributed by atoms with Gasteiger partial charge in [0.25, 0.3) is 0 Å². The summed E-state index contributed by atoms with van der Waals surface area (Å²) in [5.74, 6) is -0.610. The second-order valence-electron chi connectivity index (χ2n) is 3.93. The first-order valence-corrected chi connectivity index (χ1v) is 5.96. The Morgan fingerprint density at radius 2 is 2.07 bits per heavy atom. The van der Waals surface area contributed by atoms with Crippen LogP contribution in [0.1, 0.15) is 54.2 Å². The second-order valence-corrected chi connectivity index (χ2v) is 4.68. The van der Waals surface area contributed by atoms with E-state index >= 15 is 0 Å². The van der Waals surface area contributed by atoms with E-state index < -0.39 is 5.97 Å². The number of aromatic carboxylic acids is 1. The standard InChI is InChI=1S/C10H13BrN2O2/c11-10-12-7(8(13-10)9(14)15)6-4-2-1-3-5-6/h6H,1-5H2,(H,12,13)(H,14,15). The molecule has 0 unspecified atom stereocenters. The van der Waals surface area contributed by atoms with Crippen LogP contribution in [0.4, 0.5) is 0 Å². The van der Waals surface area contributed by atoms with Crippen LogP contribution in [0.5, 0.6) is 0 Å². The summed E-state index contributed by atoms with van der Waals surface area (Å²) in [6, 6.07) is 0. The van der Waals surface area contributed by atoms with Gasteiger partial charge in [0.1, 0.15) is 0 Å². The molecule has 0 atom stereocenters. The van der Waals surface area contributed by atoms with E-state index in [0.717, 1.165) is 18.5 Å². The normalized spacial score (nSPS) is 17.9. The predicted octanol–water partition coefficient (Wildman–Crippen LogP) is 2.92. The third-order valence-corrected chi connectivity index (χ3v) is 3.29. The molecule has 0 spiro atoms. The Morgan fingerprint density at radius 3 is 2.67 bits per heavy atom. The number of carboxylic acid groups (broad SMARTS) is 1. The summed E-state index contributed by atoms with van der Waals surface area (Å²) in [6.07, 6.45) is 5.75. The van der Waals surface area contributed by atoms with Gasteiger partial charge in [-0.3, -0.25) is 0 Å². The van der Waals surface area contributed by atoms with Crippen molar-refractivity contribution in [3.8, 4) is 0 Å². The number of aromatic nitrogens is 2. The highest BCUT2D eigenvalue weighted by molar-refractivity contribution is 9.10. The highest BCUT2D eigenvalue weighted by Gasteiger charge is 2.24. The Labute approximate surface area is 96.2 Å². The number of aromatic amines is 1. The second kappa shape index (κ2) is 4.35. The summed E-state index contributed by atoms with van der Waals surface area (Å²) < 4.78 is 0.514. The zero-order valence-electron chi connectivity index (χ0n) is 8.29. The Bertz CT molecular complexity index is 369. The molecule has 1 aromatic rings. The maximum Gasteiger partial charge on any atom is 0.356 e. The largest absolute Gasteiger partial charge is 0.476 e. The molecule has 1 aromatic heterocycles. The zero-order valence-corrected chi connectivity index (χ0v) is 9.88. The van der Waals surface area contributed by atoms with Gasteiger partial charge in [-0.05, 0) is 28.8 Å². The van der Waals surface area contributed by atoms with Crippen LogP contribution < -0.4 is 0 Å². The average molecular weight is 273 g/mol. The zero-order chi connectivity index (χ0) is 10.8. The topological polar surface area (TPSA) is 66.0 Å². The third-order valence-electron chi connectivity index (χ3n) is 2.92. The van der Waals surface area contributed by atoms with E-state index in [1.165, 1.54) is 19.3 Å². The van der Waals surface area contributed by atoms with Crippen molar-refractivity contribution in [1.82, 2.24) is 9.97 Å². The van der Waals surface area contributed by atoms with Crippen LogP contribution in [0.25, 0.3) is 0 Å². The van der Waals surface area contributed by atoms with Crippen LogP contribution in [-0.4, -0.2) is 21.0 Å². The molecule has 0 saturated heterocycles. The van der Waals surface area contributed by atoms with Crippen LogP contribution >= 0.6 is 15.9 Å². The van der Waals surface area contributed by atoms with Gasteiger partial charge >= 0.3 is 5.97 Å². The molecule has 2 rings (SSSR count). The lowest BCUT2D eigenvalue weighted by molar-refractivity contribution is 0.0688. The Balaban J connectivity index is 2.28. The fraction of sp³-hybridized carbons (Fsp3) is 0.600. The van der Waals surface area contributed by atoms with Crippen LogP contribution in [-0.2, 0) is 0 Å². The summed E-state index contributed by atoms with van der Waals surface area (Å²) >= 11 is 3.19. The van der Waals surface area contributed by atoms with Crippen molar-refractivity contribution in [3.05, 3.63) is 16.1 Å². The van der Waals surface area contributed by atoms with Gasteiger partial charge in [0.15, 0.2) is 10.4 Å².